The van der Waals surface area contributed by atoms with Crippen LogP contribution in [0.3, 0.4) is 0 Å². The lowest BCUT2D eigenvalue weighted by Crippen LogP contribution is -2.66. The van der Waals surface area contributed by atoms with Gasteiger partial charge in [-0.05, 0) is 43.7 Å². The Labute approximate surface area is 239 Å². The largest absolute Gasteiger partial charge is 0.480 e. The third kappa shape index (κ3) is 8.54. The number of nitrogens with zero attached hydrogens (tertiary/aromatic N) is 1. The normalized spacial score (nSPS) is 16.4. The van der Waals surface area contributed by atoms with E-state index >= 15 is 0 Å². The van der Waals surface area contributed by atoms with Crippen molar-refractivity contribution in [2.45, 2.75) is 62.4 Å². The average Bonchev–Trinajstić information content (AvgIpc) is 2.94. The quantitative estimate of drug-likeness (QED) is 0.182. The van der Waals surface area contributed by atoms with E-state index in [2.05, 4.69) is 23.4 Å². The molecule has 0 aliphatic carbocycles. The number of nitrogens with one attached hydrogen (secondary N) is 2. The Morgan fingerprint density at radius 1 is 0.925 bits per heavy atom. The monoisotopic (exact) mass is 571 g/mol. The maximum absolute atomic E-state index is 14.0. The summed E-state index contributed by atoms with van der Waals surface area (Å²) in [5.74, 6) is -3.89. The van der Waals surface area contributed by atoms with E-state index in [1.807, 2.05) is 0 Å². The number of aliphatic carboxylic acids is 2. The fourth-order valence-corrected chi connectivity index (χ4v) is 4.97. The molecule has 0 aromatic heterocycles. The van der Waals surface area contributed by atoms with Gasteiger partial charge in [0.1, 0.15) is 17.6 Å². The number of carboxylic acids is 2. The van der Waals surface area contributed by atoms with Crippen LogP contribution in [0.25, 0.3) is 0 Å². The van der Waals surface area contributed by atoms with Crippen LogP contribution in [0.2, 0.25) is 0 Å². The molecule has 1 aliphatic rings. The highest BCUT2D eigenvalue weighted by Crippen LogP contribution is 2.24. The minimum Gasteiger partial charge on any atom is -0.480 e. The van der Waals surface area contributed by atoms with Crippen molar-refractivity contribution in [2.75, 3.05) is 13.2 Å². The third-order valence-corrected chi connectivity index (χ3v) is 7.57. The molecule has 1 fully saturated rings. The molecule has 2 amide bonds. The van der Waals surface area contributed by atoms with Crippen LogP contribution in [-0.4, -0.2) is 75.1 Å². The van der Waals surface area contributed by atoms with Gasteiger partial charge in [-0.1, -0.05) is 60.7 Å². The van der Waals surface area contributed by atoms with Crippen LogP contribution in [0.4, 0.5) is 0 Å². The molecule has 3 atom stereocenters. The molecule has 0 unspecified atom stereocenters. The van der Waals surface area contributed by atoms with Crippen LogP contribution in [0.5, 0.6) is 0 Å². The molecule has 2 aromatic rings. The van der Waals surface area contributed by atoms with E-state index in [-0.39, 0.29) is 18.8 Å². The minimum absolute atomic E-state index is 0.00706. The summed E-state index contributed by atoms with van der Waals surface area (Å²) in [4.78, 5) is 51.9. The Kier molecular flexibility index (Phi) is 11.1. The number of thiol groups is 1. The number of hydrogen-bond acceptors (Lipinski definition) is 7. The van der Waals surface area contributed by atoms with E-state index in [0.29, 0.717) is 37.2 Å². The molecular weight excluding hydrogens is 534 g/mol. The highest BCUT2D eigenvalue weighted by Gasteiger charge is 2.42. The number of amides is 2. The standard InChI is InChI=1S/C29H37N3O7S/c1-29(2,30-25(33)24(40)21-13-15-39-16-14-21)28(38)32(23(27(36)37)18-20-11-7-4-8-12-20)31-22(26(34)35)17-19-9-5-3-6-10-19/h3-12,21-24,31,40H,13-18H2,1-2H3,(H,30,33)(H,34,35)(H,36,37)/t22-,23-,24-/m0/s1. The molecule has 0 spiro atoms. The number of carbonyl (C=O) groups excluding carboxylic acids is 2. The van der Waals surface area contributed by atoms with Crippen LogP contribution >= 0.6 is 12.6 Å². The predicted molar refractivity (Wildman–Crippen MR) is 152 cm³/mol. The van der Waals surface area contributed by atoms with Gasteiger partial charge in [-0.2, -0.15) is 12.6 Å². The summed E-state index contributed by atoms with van der Waals surface area (Å²) in [6.07, 6.45) is 1.21. The zero-order valence-corrected chi connectivity index (χ0v) is 23.6. The summed E-state index contributed by atoms with van der Waals surface area (Å²) < 4.78 is 5.36. The van der Waals surface area contributed by atoms with Crippen LogP contribution in [0.15, 0.2) is 60.7 Å². The molecule has 0 saturated carbocycles. The maximum atomic E-state index is 14.0. The SMILES string of the molecule is CC(C)(NC(=O)[C@@H](S)C1CCOCC1)C(=O)N(N[C@@H](Cc1ccccc1)C(=O)O)[C@@H](Cc1ccccc1)C(=O)O. The summed E-state index contributed by atoms with van der Waals surface area (Å²) in [5.41, 5.74) is 2.43. The fraction of sp³-hybridized carbons (Fsp3) is 0.448. The highest BCUT2D eigenvalue weighted by molar-refractivity contribution is 7.81. The summed E-state index contributed by atoms with van der Waals surface area (Å²) in [5, 5.41) is 23.1. The summed E-state index contributed by atoms with van der Waals surface area (Å²) in [6, 6.07) is 14.7. The van der Waals surface area contributed by atoms with Gasteiger partial charge in [0.25, 0.3) is 5.91 Å². The van der Waals surface area contributed by atoms with E-state index in [1.165, 1.54) is 13.8 Å². The number of carbonyl (C=O) groups is 4. The Bertz CT molecular complexity index is 1160. The van der Waals surface area contributed by atoms with Gasteiger partial charge in [0.2, 0.25) is 5.91 Å². The first-order valence-corrected chi connectivity index (χ1v) is 13.7. The van der Waals surface area contributed by atoms with Gasteiger partial charge in [-0.3, -0.25) is 19.4 Å². The predicted octanol–water partition coefficient (Wildman–Crippen LogP) is 2.33. The Morgan fingerprint density at radius 2 is 1.45 bits per heavy atom. The zero-order chi connectivity index (χ0) is 29.3. The van der Waals surface area contributed by atoms with Crippen LogP contribution in [0.1, 0.15) is 37.8 Å². The van der Waals surface area contributed by atoms with Crippen molar-refractivity contribution in [3.05, 3.63) is 71.8 Å². The van der Waals surface area contributed by atoms with E-state index in [0.717, 1.165) is 5.01 Å². The second-order valence-corrected chi connectivity index (χ2v) is 11.0. The van der Waals surface area contributed by atoms with Crippen molar-refractivity contribution >= 4 is 36.4 Å². The molecule has 1 heterocycles. The molecule has 10 nitrogen and oxygen atoms in total. The molecule has 1 aliphatic heterocycles. The first-order valence-electron chi connectivity index (χ1n) is 13.2. The summed E-state index contributed by atoms with van der Waals surface area (Å²) >= 11 is 4.50. The first-order chi connectivity index (χ1) is 19.0. The number of ether oxygens (including phenoxy) is 1. The lowest BCUT2D eigenvalue weighted by molar-refractivity contribution is -0.160. The number of rotatable bonds is 13. The second kappa shape index (κ2) is 14.3. The van der Waals surface area contributed by atoms with Crippen molar-refractivity contribution in [3.8, 4) is 0 Å². The fourth-order valence-electron chi connectivity index (χ4n) is 4.60. The molecule has 0 bridgehead atoms. The van der Waals surface area contributed by atoms with Crippen LogP contribution < -0.4 is 10.7 Å². The van der Waals surface area contributed by atoms with E-state index in [4.69, 9.17) is 4.74 Å². The number of benzene rings is 2. The lowest BCUT2D eigenvalue weighted by atomic mass is 9.94. The molecule has 0 radical (unpaired) electrons. The van der Waals surface area contributed by atoms with Crippen molar-refractivity contribution in [1.82, 2.24) is 15.8 Å². The summed E-state index contributed by atoms with van der Waals surface area (Å²) in [6.45, 7) is 3.96. The van der Waals surface area contributed by atoms with Gasteiger partial charge in [0.15, 0.2) is 0 Å². The maximum Gasteiger partial charge on any atom is 0.328 e. The molecule has 2 aromatic carbocycles. The second-order valence-electron chi connectivity index (χ2n) is 10.4. The van der Waals surface area contributed by atoms with Gasteiger partial charge in [-0.15, -0.1) is 0 Å². The third-order valence-electron chi connectivity index (χ3n) is 6.91. The topological polar surface area (TPSA) is 145 Å². The van der Waals surface area contributed by atoms with E-state index < -0.39 is 46.6 Å². The number of hydrogen-bond donors (Lipinski definition) is 5. The van der Waals surface area contributed by atoms with Gasteiger partial charge in [0, 0.05) is 26.1 Å². The number of carboxylic acid groups (broad SMARTS) is 2. The molecule has 40 heavy (non-hydrogen) atoms. The molecule has 11 heteroatoms. The molecule has 1 saturated heterocycles. The van der Waals surface area contributed by atoms with Gasteiger partial charge in [-0.25, -0.2) is 10.2 Å². The Hall–Kier alpha value is -3.41. The van der Waals surface area contributed by atoms with Crippen molar-refractivity contribution < 1.29 is 34.1 Å². The molecule has 3 rings (SSSR count). The minimum atomic E-state index is -1.59. The smallest absolute Gasteiger partial charge is 0.328 e. The van der Waals surface area contributed by atoms with Crippen molar-refractivity contribution in [3.63, 3.8) is 0 Å². The molecular formula is C29H37N3O7S. The van der Waals surface area contributed by atoms with E-state index in [9.17, 15) is 29.4 Å². The molecule has 216 valence electrons. The lowest BCUT2D eigenvalue weighted by Gasteiger charge is -2.38. The van der Waals surface area contributed by atoms with Crippen molar-refractivity contribution in [1.29, 1.82) is 0 Å². The number of hydrazine groups is 1. The molecule has 4 N–H and O–H groups in total. The van der Waals surface area contributed by atoms with Gasteiger partial charge >= 0.3 is 11.9 Å². The van der Waals surface area contributed by atoms with Gasteiger partial charge < -0.3 is 20.3 Å². The zero-order valence-electron chi connectivity index (χ0n) is 22.7. The average molecular weight is 572 g/mol. The van der Waals surface area contributed by atoms with E-state index in [1.54, 1.807) is 60.7 Å². The summed E-state index contributed by atoms with van der Waals surface area (Å²) in [7, 11) is 0. The van der Waals surface area contributed by atoms with Gasteiger partial charge in [0.05, 0.1) is 5.25 Å². The van der Waals surface area contributed by atoms with Crippen LogP contribution in [0, 0.1) is 5.92 Å². The Balaban J connectivity index is 1.90. The van der Waals surface area contributed by atoms with Crippen molar-refractivity contribution in [2.24, 2.45) is 5.92 Å². The highest BCUT2D eigenvalue weighted by atomic mass is 32.1. The van der Waals surface area contributed by atoms with Crippen LogP contribution in [-0.2, 0) is 36.8 Å². The first kappa shape index (κ1) is 31.1. The Morgan fingerprint density at radius 3 is 1.95 bits per heavy atom.